The number of ether oxygens (including phenoxy) is 4. The molecule has 0 aliphatic carbocycles. The summed E-state index contributed by atoms with van der Waals surface area (Å²) in [5.74, 6) is -1.53. The maximum absolute atomic E-state index is 12.9. The predicted octanol–water partition coefficient (Wildman–Crippen LogP) is 2.15. The molecule has 3 rings (SSSR count). The van der Waals surface area contributed by atoms with E-state index in [1.165, 1.54) is 39.5 Å². The summed E-state index contributed by atoms with van der Waals surface area (Å²) in [6.45, 7) is 0. The monoisotopic (exact) mass is 362 g/mol. The van der Waals surface area contributed by atoms with E-state index < -0.39 is 23.7 Å². The van der Waals surface area contributed by atoms with E-state index in [1.807, 2.05) is 0 Å². The van der Waals surface area contributed by atoms with Crippen LogP contribution in [0.1, 0.15) is 22.0 Å². The van der Waals surface area contributed by atoms with E-state index in [2.05, 4.69) is 0 Å². The van der Waals surface area contributed by atoms with Crippen molar-refractivity contribution in [3.63, 3.8) is 0 Å². The van der Waals surface area contributed by atoms with E-state index in [-0.39, 0.29) is 34.3 Å². The first-order valence-corrected chi connectivity index (χ1v) is 7.66. The fraction of sp³-hybridized carbons (Fsp3) is 0.278. The van der Waals surface area contributed by atoms with Crippen molar-refractivity contribution in [2.24, 2.45) is 0 Å². The molecule has 2 aromatic carbocycles. The minimum absolute atomic E-state index is 0.0144. The Balaban J connectivity index is 2.11. The maximum atomic E-state index is 12.9. The maximum Gasteiger partial charge on any atom is 0.203 e. The number of carbonyl (C=O) groups excluding carboxylic acids is 1. The number of phenols is 3. The van der Waals surface area contributed by atoms with E-state index in [9.17, 15) is 20.1 Å². The summed E-state index contributed by atoms with van der Waals surface area (Å²) in [7, 11) is 4.01. The van der Waals surface area contributed by atoms with Gasteiger partial charge in [-0.1, -0.05) is 6.07 Å². The summed E-state index contributed by atoms with van der Waals surface area (Å²) >= 11 is 0. The molecule has 1 aliphatic heterocycles. The van der Waals surface area contributed by atoms with Crippen molar-refractivity contribution in [1.82, 2.24) is 0 Å². The van der Waals surface area contributed by atoms with Crippen molar-refractivity contribution in [2.45, 2.75) is 12.2 Å². The van der Waals surface area contributed by atoms with Crippen LogP contribution in [0, 0.1) is 0 Å². The number of ketones is 1. The first kappa shape index (κ1) is 17.7. The summed E-state index contributed by atoms with van der Waals surface area (Å²) < 4.78 is 21.0. The van der Waals surface area contributed by atoms with Crippen LogP contribution in [0.4, 0.5) is 0 Å². The standard InChI is InChI=1S/C18H18O8/c1-23-11-5-4-8(6-9(11)19)16-18(25-3)15(22)13-12(26-16)7-10(20)17(24-2)14(13)21/h4-7,16,18-21H,1-3H3/t16-,18-/m0/s1. The molecule has 3 N–H and O–H groups in total. The van der Waals surface area contributed by atoms with Gasteiger partial charge < -0.3 is 34.3 Å². The molecule has 0 aromatic heterocycles. The molecule has 0 saturated heterocycles. The highest BCUT2D eigenvalue weighted by Gasteiger charge is 2.42. The zero-order valence-corrected chi connectivity index (χ0v) is 14.3. The molecular formula is C18H18O8. The van der Waals surface area contributed by atoms with Gasteiger partial charge in [0.25, 0.3) is 0 Å². The summed E-state index contributed by atoms with van der Waals surface area (Å²) in [5.41, 5.74) is 0.324. The first-order chi connectivity index (χ1) is 12.4. The van der Waals surface area contributed by atoms with Crippen LogP contribution >= 0.6 is 0 Å². The highest BCUT2D eigenvalue weighted by Crippen LogP contribution is 2.49. The van der Waals surface area contributed by atoms with Crippen molar-refractivity contribution in [2.75, 3.05) is 21.3 Å². The van der Waals surface area contributed by atoms with Gasteiger partial charge in [-0.15, -0.1) is 0 Å². The zero-order chi connectivity index (χ0) is 19.0. The lowest BCUT2D eigenvalue weighted by Gasteiger charge is -2.32. The number of aromatic hydroxyl groups is 3. The molecule has 26 heavy (non-hydrogen) atoms. The molecule has 0 saturated carbocycles. The Hall–Kier alpha value is -3.13. The fourth-order valence-corrected chi connectivity index (χ4v) is 2.98. The lowest BCUT2D eigenvalue weighted by Crippen LogP contribution is -2.37. The van der Waals surface area contributed by atoms with Gasteiger partial charge in [-0.05, 0) is 17.7 Å². The Labute approximate surface area is 149 Å². The van der Waals surface area contributed by atoms with Crippen LogP contribution in [0.25, 0.3) is 0 Å². The number of fused-ring (bicyclic) bond motifs is 1. The first-order valence-electron chi connectivity index (χ1n) is 7.66. The van der Waals surface area contributed by atoms with Gasteiger partial charge in [0.15, 0.2) is 35.2 Å². The minimum atomic E-state index is -1.07. The third-order valence-electron chi connectivity index (χ3n) is 4.22. The Kier molecular flexibility index (Phi) is 4.52. The highest BCUT2D eigenvalue weighted by molar-refractivity contribution is 6.06. The molecule has 0 amide bonds. The molecule has 0 bridgehead atoms. The largest absolute Gasteiger partial charge is 0.504 e. The second-order valence-electron chi connectivity index (χ2n) is 5.64. The molecule has 2 atom stereocenters. The Bertz CT molecular complexity index is 861. The number of carbonyl (C=O) groups is 1. The summed E-state index contributed by atoms with van der Waals surface area (Å²) in [6.07, 6.45) is -1.97. The average molecular weight is 362 g/mol. The number of Topliss-reactive ketones (excluding diaryl/α,β-unsaturated/α-hetero) is 1. The molecule has 0 fully saturated rings. The number of phenolic OH excluding ortho intramolecular Hbond substituents is 3. The van der Waals surface area contributed by atoms with Crippen molar-refractivity contribution in [3.8, 4) is 34.5 Å². The van der Waals surface area contributed by atoms with Crippen molar-refractivity contribution >= 4 is 5.78 Å². The Morgan fingerprint density at radius 1 is 1.00 bits per heavy atom. The summed E-state index contributed by atoms with van der Waals surface area (Å²) in [4.78, 5) is 12.9. The molecule has 1 aliphatic rings. The van der Waals surface area contributed by atoms with E-state index in [0.717, 1.165) is 0 Å². The Morgan fingerprint density at radius 2 is 1.73 bits per heavy atom. The molecule has 1 heterocycles. The van der Waals surface area contributed by atoms with Crippen molar-refractivity contribution < 1.29 is 39.1 Å². The van der Waals surface area contributed by atoms with Gasteiger partial charge in [-0.3, -0.25) is 4.79 Å². The molecule has 0 radical (unpaired) electrons. The van der Waals surface area contributed by atoms with E-state index in [1.54, 1.807) is 6.07 Å². The number of rotatable bonds is 4. The lowest BCUT2D eigenvalue weighted by molar-refractivity contribution is -0.00126. The number of hydrogen-bond donors (Lipinski definition) is 3. The third-order valence-corrected chi connectivity index (χ3v) is 4.22. The van der Waals surface area contributed by atoms with Crippen LogP contribution in [0.3, 0.4) is 0 Å². The van der Waals surface area contributed by atoms with Gasteiger partial charge >= 0.3 is 0 Å². The van der Waals surface area contributed by atoms with Crippen molar-refractivity contribution in [3.05, 3.63) is 35.4 Å². The van der Waals surface area contributed by atoms with Crippen LogP contribution in [0.5, 0.6) is 34.5 Å². The summed E-state index contributed by atoms with van der Waals surface area (Å²) in [6, 6.07) is 5.74. The zero-order valence-electron chi connectivity index (χ0n) is 14.3. The fourth-order valence-electron chi connectivity index (χ4n) is 2.98. The second kappa shape index (κ2) is 6.64. The molecule has 138 valence electrons. The second-order valence-corrected chi connectivity index (χ2v) is 5.64. The number of methoxy groups -OCH3 is 3. The van der Waals surface area contributed by atoms with Gasteiger partial charge in [0.1, 0.15) is 11.3 Å². The predicted molar refractivity (Wildman–Crippen MR) is 89.5 cm³/mol. The lowest BCUT2D eigenvalue weighted by atomic mass is 9.92. The molecule has 0 unspecified atom stereocenters. The Morgan fingerprint density at radius 3 is 2.31 bits per heavy atom. The van der Waals surface area contributed by atoms with E-state index in [4.69, 9.17) is 18.9 Å². The minimum Gasteiger partial charge on any atom is -0.504 e. The van der Waals surface area contributed by atoms with Crippen LogP contribution < -0.4 is 14.2 Å². The molecule has 0 spiro atoms. The molecule has 2 aromatic rings. The van der Waals surface area contributed by atoms with E-state index in [0.29, 0.717) is 5.56 Å². The molecule has 8 nitrogen and oxygen atoms in total. The molecular weight excluding hydrogens is 344 g/mol. The van der Waals surface area contributed by atoms with E-state index >= 15 is 0 Å². The van der Waals surface area contributed by atoms with Crippen LogP contribution in [0.15, 0.2) is 24.3 Å². The average Bonchev–Trinajstić information content (AvgIpc) is 2.61. The smallest absolute Gasteiger partial charge is 0.203 e. The van der Waals surface area contributed by atoms with Gasteiger partial charge in [0.05, 0.1) is 14.2 Å². The quantitative estimate of drug-likeness (QED) is 0.758. The van der Waals surface area contributed by atoms with Gasteiger partial charge in [-0.25, -0.2) is 0 Å². The number of benzene rings is 2. The van der Waals surface area contributed by atoms with Crippen molar-refractivity contribution in [1.29, 1.82) is 0 Å². The van der Waals surface area contributed by atoms with Gasteiger partial charge in [-0.2, -0.15) is 0 Å². The summed E-state index contributed by atoms with van der Waals surface area (Å²) in [5, 5.41) is 30.2. The number of hydrogen-bond acceptors (Lipinski definition) is 8. The highest BCUT2D eigenvalue weighted by atomic mass is 16.5. The topological polar surface area (TPSA) is 115 Å². The van der Waals surface area contributed by atoms with Crippen LogP contribution in [0.2, 0.25) is 0 Å². The third kappa shape index (κ3) is 2.64. The van der Waals surface area contributed by atoms with Gasteiger partial charge in [0, 0.05) is 13.2 Å². The van der Waals surface area contributed by atoms with Crippen LogP contribution in [-0.4, -0.2) is 48.5 Å². The van der Waals surface area contributed by atoms with Crippen LogP contribution in [-0.2, 0) is 4.74 Å². The molecule has 8 heteroatoms. The van der Waals surface area contributed by atoms with Gasteiger partial charge in [0.2, 0.25) is 11.5 Å². The SMILES string of the molecule is COc1ccc([C@@H]2Oc3cc(O)c(OC)c(O)c3C(=O)[C@@H]2OC)cc1O. The normalized spacial score (nSPS) is 18.8.